The molecule has 0 spiro atoms. The smallest absolute Gasteiger partial charge is 0.260 e. The molecule has 5 nitrogen and oxygen atoms in total. The fourth-order valence-electron chi connectivity index (χ4n) is 2.80. The van der Waals surface area contributed by atoms with E-state index in [2.05, 4.69) is 6.92 Å². The van der Waals surface area contributed by atoms with E-state index in [1.54, 1.807) is 23.9 Å². The number of hydrogen-bond acceptors (Lipinski definition) is 3. The molecule has 1 aromatic rings. The molecule has 0 radical (unpaired) electrons. The van der Waals surface area contributed by atoms with Crippen LogP contribution < -0.4 is 4.74 Å². The van der Waals surface area contributed by atoms with Crippen LogP contribution in [0.25, 0.3) is 0 Å². The summed E-state index contributed by atoms with van der Waals surface area (Å²) < 4.78 is 5.57. The zero-order valence-corrected chi connectivity index (χ0v) is 14.2. The second-order valence-electron chi connectivity index (χ2n) is 6.17. The summed E-state index contributed by atoms with van der Waals surface area (Å²) >= 11 is 0. The number of amides is 2. The Bertz CT molecular complexity index is 532. The second-order valence-corrected chi connectivity index (χ2v) is 6.17. The van der Waals surface area contributed by atoms with Gasteiger partial charge in [0, 0.05) is 33.1 Å². The number of ether oxygens (including phenoxy) is 1. The van der Waals surface area contributed by atoms with E-state index in [1.807, 2.05) is 24.3 Å². The van der Waals surface area contributed by atoms with E-state index in [0.717, 1.165) is 19.3 Å². The molecular weight excluding hydrogens is 292 g/mol. The van der Waals surface area contributed by atoms with E-state index in [9.17, 15) is 9.59 Å². The second kappa shape index (κ2) is 7.99. The van der Waals surface area contributed by atoms with Gasteiger partial charge in [0.2, 0.25) is 5.91 Å². The Balaban J connectivity index is 1.77. The van der Waals surface area contributed by atoms with E-state index in [-0.39, 0.29) is 24.3 Å². The first-order chi connectivity index (χ1) is 11.0. The van der Waals surface area contributed by atoms with Crippen molar-refractivity contribution in [1.82, 2.24) is 9.80 Å². The first kappa shape index (κ1) is 17.3. The van der Waals surface area contributed by atoms with Gasteiger partial charge in [-0.25, -0.2) is 0 Å². The summed E-state index contributed by atoms with van der Waals surface area (Å²) in [5.41, 5.74) is 1.25. The normalized spacial score (nSPS) is 15.3. The lowest BCUT2D eigenvalue weighted by Crippen LogP contribution is -2.44. The average Bonchev–Trinajstić information content (AvgIpc) is 2.59. The Hall–Kier alpha value is -2.04. The summed E-state index contributed by atoms with van der Waals surface area (Å²) in [4.78, 5) is 27.6. The van der Waals surface area contributed by atoms with Gasteiger partial charge in [-0.15, -0.1) is 0 Å². The number of aryl methyl sites for hydroxylation is 1. The first-order valence-electron chi connectivity index (χ1n) is 8.22. The van der Waals surface area contributed by atoms with Crippen molar-refractivity contribution < 1.29 is 14.3 Å². The van der Waals surface area contributed by atoms with Crippen molar-refractivity contribution in [3.63, 3.8) is 0 Å². The van der Waals surface area contributed by atoms with E-state index in [1.165, 1.54) is 5.56 Å². The van der Waals surface area contributed by atoms with Crippen LogP contribution in [0, 0.1) is 5.92 Å². The van der Waals surface area contributed by atoms with E-state index in [0.29, 0.717) is 18.8 Å². The Morgan fingerprint density at radius 1 is 1.17 bits per heavy atom. The Morgan fingerprint density at radius 2 is 1.78 bits per heavy atom. The summed E-state index contributed by atoms with van der Waals surface area (Å²) in [6.07, 6.45) is 2.45. The van der Waals surface area contributed by atoms with Crippen LogP contribution in [0.3, 0.4) is 0 Å². The standard InChI is InChI=1S/C18H26N2O3/c1-4-14-5-7-16(8-6-14)23-13-17(21)20-11-9-15(10-12-20)18(22)19(2)3/h5-8,15H,4,9-13H2,1-3H3. The van der Waals surface area contributed by atoms with Gasteiger partial charge >= 0.3 is 0 Å². The van der Waals surface area contributed by atoms with Crippen LogP contribution in [0.15, 0.2) is 24.3 Å². The zero-order chi connectivity index (χ0) is 16.8. The van der Waals surface area contributed by atoms with Gasteiger partial charge in [0.1, 0.15) is 5.75 Å². The number of nitrogens with zero attached hydrogens (tertiary/aromatic N) is 2. The predicted octanol–water partition coefficient (Wildman–Crippen LogP) is 1.95. The molecule has 0 aliphatic carbocycles. The van der Waals surface area contributed by atoms with Crippen molar-refractivity contribution >= 4 is 11.8 Å². The van der Waals surface area contributed by atoms with Crippen LogP contribution in [0.4, 0.5) is 0 Å². The van der Waals surface area contributed by atoms with Crippen LogP contribution in [-0.4, -0.2) is 55.4 Å². The van der Waals surface area contributed by atoms with Crippen LogP contribution in [0.2, 0.25) is 0 Å². The third kappa shape index (κ3) is 4.71. The molecule has 0 aromatic heterocycles. The van der Waals surface area contributed by atoms with Crippen molar-refractivity contribution in [2.75, 3.05) is 33.8 Å². The minimum absolute atomic E-state index is 0.0136. The van der Waals surface area contributed by atoms with Gasteiger partial charge in [-0.2, -0.15) is 0 Å². The van der Waals surface area contributed by atoms with Gasteiger partial charge in [-0.3, -0.25) is 9.59 Å². The summed E-state index contributed by atoms with van der Waals surface area (Å²) in [6, 6.07) is 7.82. The molecule has 2 rings (SSSR count). The maximum atomic E-state index is 12.2. The van der Waals surface area contributed by atoms with Gasteiger partial charge in [-0.05, 0) is 37.0 Å². The highest BCUT2D eigenvalue weighted by atomic mass is 16.5. The topological polar surface area (TPSA) is 49.9 Å². The molecule has 0 saturated carbocycles. The van der Waals surface area contributed by atoms with Gasteiger partial charge in [0.25, 0.3) is 5.91 Å². The SMILES string of the molecule is CCc1ccc(OCC(=O)N2CCC(C(=O)N(C)C)CC2)cc1. The minimum Gasteiger partial charge on any atom is -0.484 e. The average molecular weight is 318 g/mol. The van der Waals surface area contributed by atoms with Crippen molar-refractivity contribution in [2.24, 2.45) is 5.92 Å². The lowest BCUT2D eigenvalue weighted by molar-refractivity contribution is -0.140. The lowest BCUT2D eigenvalue weighted by Gasteiger charge is -2.32. The highest BCUT2D eigenvalue weighted by Crippen LogP contribution is 2.19. The minimum atomic E-state index is -0.0136. The van der Waals surface area contributed by atoms with Gasteiger partial charge < -0.3 is 14.5 Å². The maximum Gasteiger partial charge on any atom is 0.260 e. The van der Waals surface area contributed by atoms with Crippen LogP contribution in [-0.2, 0) is 16.0 Å². The Labute approximate surface area is 138 Å². The number of rotatable bonds is 5. The van der Waals surface area contributed by atoms with Gasteiger partial charge in [0.15, 0.2) is 6.61 Å². The largest absolute Gasteiger partial charge is 0.484 e. The van der Waals surface area contributed by atoms with E-state index < -0.39 is 0 Å². The summed E-state index contributed by atoms with van der Waals surface area (Å²) in [6.45, 7) is 3.41. The molecule has 0 bridgehead atoms. The predicted molar refractivity (Wildman–Crippen MR) is 89.3 cm³/mol. The first-order valence-corrected chi connectivity index (χ1v) is 8.22. The summed E-state index contributed by atoms with van der Waals surface area (Å²) in [5.74, 6) is 0.898. The highest BCUT2D eigenvalue weighted by Gasteiger charge is 2.28. The summed E-state index contributed by atoms with van der Waals surface area (Å²) in [5, 5.41) is 0. The molecule has 0 unspecified atom stereocenters. The molecule has 126 valence electrons. The van der Waals surface area contributed by atoms with Gasteiger partial charge in [-0.1, -0.05) is 19.1 Å². The quantitative estimate of drug-likeness (QED) is 0.834. The number of hydrogen-bond donors (Lipinski definition) is 0. The number of carbonyl (C=O) groups excluding carboxylic acids is 2. The molecule has 2 amide bonds. The van der Waals surface area contributed by atoms with Crippen LogP contribution >= 0.6 is 0 Å². The number of likely N-dealkylation sites (tertiary alicyclic amines) is 1. The van der Waals surface area contributed by atoms with E-state index in [4.69, 9.17) is 4.74 Å². The maximum absolute atomic E-state index is 12.2. The van der Waals surface area contributed by atoms with E-state index >= 15 is 0 Å². The van der Waals surface area contributed by atoms with Crippen molar-refractivity contribution in [2.45, 2.75) is 26.2 Å². The molecule has 1 aliphatic rings. The molecule has 1 aromatic carbocycles. The zero-order valence-electron chi connectivity index (χ0n) is 14.2. The fourth-order valence-corrected chi connectivity index (χ4v) is 2.80. The molecular formula is C18H26N2O3. The number of carbonyl (C=O) groups is 2. The van der Waals surface area contributed by atoms with Crippen molar-refractivity contribution in [3.8, 4) is 5.75 Å². The molecule has 1 aliphatic heterocycles. The lowest BCUT2D eigenvalue weighted by atomic mass is 9.95. The molecule has 0 N–H and O–H groups in total. The third-order valence-corrected chi connectivity index (χ3v) is 4.33. The highest BCUT2D eigenvalue weighted by molar-refractivity contribution is 5.80. The van der Waals surface area contributed by atoms with Crippen molar-refractivity contribution in [1.29, 1.82) is 0 Å². The molecule has 0 atom stereocenters. The molecule has 5 heteroatoms. The fraction of sp³-hybridized carbons (Fsp3) is 0.556. The Kier molecular flexibility index (Phi) is 6.02. The van der Waals surface area contributed by atoms with Gasteiger partial charge in [0.05, 0.1) is 0 Å². The Morgan fingerprint density at radius 3 is 2.30 bits per heavy atom. The summed E-state index contributed by atoms with van der Waals surface area (Å²) in [7, 11) is 3.55. The number of benzene rings is 1. The monoisotopic (exact) mass is 318 g/mol. The molecule has 1 saturated heterocycles. The van der Waals surface area contributed by atoms with Crippen LogP contribution in [0.1, 0.15) is 25.3 Å². The van der Waals surface area contributed by atoms with Crippen LogP contribution in [0.5, 0.6) is 5.75 Å². The molecule has 1 heterocycles. The third-order valence-electron chi connectivity index (χ3n) is 4.33. The number of piperidine rings is 1. The molecule has 1 fully saturated rings. The van der Waals surface area contributed by atoms with Crippen molar-refractivity contribution in [3.05, 3.63) is 29.8 Å². The molecule has 23 heavy (non-hydrogen) atoms.